The van der Waals surface area contributed by atoms with Gasteiger partial charge in [0.2, 0.25) is 0 Å². The molecule has 5 nitrogen and oxygen atoms in total. The van der Waals surface area contributed by atoms with Gasteiger partial charge in [0, 0.05) is 19.6 Å². The van der Waals surface area contributed by atoms with E-state index in [1.165, 1.54) is 6.42 Å². The number of rotatable bonds is 6. The maximum absolute atomic E-state index is 11.9. The van der Waals surface area contributed by atoms with Crippen LogP contribution in [0.2, 0.25) is 0 Å². The molecular weight excluding hydrogens is 292 g/mol. The number of para-hydroxylation sites is 2. The number of nitrogens with zero attached hydrogens (tertiary/aromatic N) is 1. The second-order valence-electron chi connectivity index (χ2n) is 6.40. The van der Waals surface area contributed by atoms with E-state index in [0.29, 0.717) is 36.5 Å². The average Bonchev–Trinajstić information content (AvgIpc) is 2.48. The Hall–Kier alpha value is -1.75. The number of hydrogen-bond acceptors (Lipinski definition) is 4. The Labute approximate surface area is 139 Å². The molecule has 0 unspecified atom stereocenters. The van der Waals surface area contributed by atoms with Crippen molar-refractivity contribution in [3.8, 4) is 5.75 Å². The minimum absolute atomic E-state index is 0.405. The van der Waals surface area contributed by atoms with Crippen molar-refractivity contribution in [2.75, 3.05) is 38.2 Å². The summed E-state index contributed by atoms with van der Waals surface area (Å²) in [5.41, 5.74) is 0.638. The summed E-state index contributed by atoms with van der Waals surface area (Å²) in [5.74, 6) is 2.09. The molecule has 23 heavy (non-hydrogen) atoms. The molecule has 5 heteroatoms. The third-order valence-corrected chi connectivity index (χ3v) is 4.01. The van der Waals surface area contributed by atoms with Gasteiger partial charge in [0.15, 0.2) is 0 Å². The molecule has 1 aromatic rings. The molecule has 0 spiro atoms. The number of amides is 1. The van der Waals surface area contributed by atoms with E-state index < -0.39 is 6.09 Å². The molecule has 0 bridgehead atoms. The molecule has 1 amide bonds. The van der Waals surface area contributed by atoms with Gasteiger partial charge in [-0.2, -0.15) is 0 Å². The molecule has 0 aliphatic carbocycles. The van der Waals surface area contributed by atoms with Crippen LogP contribution >= 0.6 is 0 Å². The number of nitrogens with one attached hydrogen (secondary N) is 1. The first-order valence-corrected chi connectivity index (χ1v) is 8.46. The van der Waals surface area contributed by atoms with Crippen LogP contribution in [0.3, 0.4) is 0 Å². The SMILES string of the molecule is CCOc1ccccc1NC(=O)OCCN1C[C@H](C)C[C@H](C)C1. The van der Waals surface area contributed by atoms with Gasteiger partial charge in [-0.15, -0.1) is 0 Å². The van der Waals surface area contributed by atoms with Crippen molar-refractivity contribution in [3.05, 3.63) is 24.3 Å². The second-order valence-corrected chi connectivity index (χ2v) is 6.40. The zero-order chi connectivity index (χ0) is 16.7. The van der Waals surface area contributed by atoms with Gasteiger partial charge in [-0.05, 0) is 37.3 Å². The number of carbonyl (C=O) groups is 1. The highest BCUT2D eigenvalue weighted by atomic mass is 16.5. The van der Waals surface area contributed by atoms with Crippen LogP contribution in [0.5, 0.6) is 5.75 Å². The summed E-state index contributed by atoms with van der Waals surface area (Å²) in [4.78, 5) is 14.3. The maximum Gasteiger partial charge on any atom is 0.411 e. The van der Waals surface area contributed by atoms with E-state index in [0.717, 1.165) is 19.6 Å². The summed E-state index contributed by atoms with van der Waals surface area (Å²) in [6, 6.07) is 7.37. The van der Waals surface area contributed by atoms with Gasteiger partial charge in [0.05, 0.1) is 12.3 Å². The van der Waals surface area contributed by atoms with Crippen LogP contribution in [0.4, 0.5) is 10.5 Å². The Bertz CT molecular complexity index is 497. The quantitative estimate of drug-likeness (QED) is 0.870. The standard InChI is InChI=1S/C18H28N2O3/c1-4-22-17-8-6-5-7-16(17)19-18(21)23-10-9-20-12-14(2)11-15(3)13-20/h5-8,14-15H,4,9-13H2,1-3H3,(H,19,21)/t14-,15+. The molecule has 1 fully saturated rings. The van der Waals surface area contributed by atoms with E-state index in [-0.39, 0.29) is 0 Å². The summed E-state index contributed by atoms with van der Waals surface area (Å²) in [6.07, 6.45) is 0.849. The van der Waals surface area contributed by atoms with E-state index in [1.54, 1.807) is 6.07 Å². The molecule has 0 saturated carbocycles. The second kappa shape index (κ2) is 8.77. The minimum Gasteiger partial charge on any atom is -0.492 e. The lowest BCUT2D eigenvalue weighted by molar-refractivity contribution is 0.101. The monoisotopic (exact) mass is 320 g/mol. The predicted octanol–water partition coefficient (Wildman–Crippen LogP) is 3.61. The lowest BCUT2D eigenvalue weighted by Crippen LogP contribution is -2.40. The van der Waals surface area contributed by atoms with Crippen LogP contribution < -0.4 is 10.1 Å². The van der Waals surface area contributed by atoms with Crippen LogP contribution in [0.1, 0.15) is 27.2 Å². The topological polar surface area (TPSA) is 50.8 Å². The number of piperidine rings is 1. The molecule has 128 valence electrons. The fourth-order valence-corrected chi connectivity index (χ4v) is 3.24. The molecule has 2 atom stereocenters. The molecule has 0 aromatic heterocycles. The molecule has 1 aliphatic heterocycles. The summed E-state index contributed by atoms with van der Waals surface area (Å²) < 4.78 is 10.8. The van der Waals surface area contributed by atoms with Gasteiger partial charge >= 0.3 is 6.09 Å². The van der Waals surface area contributed by atoms with Gasteiger partial charge < -0.3 is 9.47 Å². The van der Waals surface area contributed by atoms with Crippen molar-refractivity contribution in [2.45, 2.75) is 27.2 Å². The number of benzene rings is 1. The Morgan fingerprint density at radius 3 is 2.65 bits per heavy atom. The Morgan fingerprint density at radius 2 is 1.96 bits per heavy atom. The molecule has 1 N–H and O–H groups in total. The van der Waals surface area contributed by atoms with Crippen LogP contribution in [0.25, 0.3) is 0 Å². The Morgan fingerprint density at radius 1 is 1.26 bits per heavy atom. The van der Waals surface area contributed by atoms with Crippen molar-refractivity contribution in [1.82, 2.24) is 4.90 Å². The maximum atomic E-state index is 11.9. The van der Waals surface area contributed by atoms with E-state index >= 15 is 0 Å². The molecule has 1 heterocycles. The van der Waals surface area contributed by atoms with Crippen LogP contribution in [0.15, 0.2) is 24.3 Å². The van der Waals surface area contributed by atoms with Crippen molar-refractivity contribution in [3.63, 3.8) is 0 Å². The van der Waals surface area contributed by atoms with Gasteiger partial charge in [-0.25, -0.2) is 4.79 Å². The molecule has 1 aromatic carbocycles. The number of likely N-dealkylation sites (tertiary alicyclic amines) is 1. The molecular formula is C18H28N2O3. The summed E-state index contributed by atoms with van der Waals surface area (Å²) in [5, 5.41) is 2.75. The normalized spacial score (nSPS) is 21.7. The van der Waals surface area contributed by atoms with Crippen LogP contribution in [-0.4, -0.2) is 43.8 Å². The fraction of sp³-hybridized carbons (Fsp3) is 0.611. The highest BCUT2D eigenvalue weighted by Gasteiger charge is 2.21. The van der Waals surface area contributed by atoms with E-state index in [1.807, 2.05) is 25.1 Å². The lowest BCUT2D eigenvalue weighted by atomic mass is 9.92. The third-order valence-electron chi connectivity index (χ3n) is 4.01. The van der Waals surface area contributed by atoms with Crippen LogP contribution in [0, 0.1) is 11.8 Å². The van der Waals surface area contributed by atoms with Gasteiger partial charge in [-0.3, -0.25) is 10.2 Å². The zero-order valence-electron chi connectivity index (χ0n) is 14.4. The highest BCUT2D eigenvalue weighted by molar-refractivity contribution is 5.86. The van der Waals surface area contributed by atoms with Crippen molar-refractivity contribution >= 4 is 11.8 Å². The summed E-state index contributed by atoms with van der Waals surface area (Å²) in [7, 11) is 0. The summed E-state index contributed by atoms with van der Waals surface area (Å²) in [6.45, 7) is 10.4. The first-order valence-electron chi connectivity index (χ1n) is 8.46. The summed E-state index contributed by atoms with van der Waals surface area (Å²) >= 11 is 0. The van der Waals surface area contributed by atoms with Crippen LogP contribution in [-0.2, 0) is 4.74 Å². The smallest absolute Gasteiger partial charge is 0.411 e. The van der Waals surface area contributed by atoms with Gasteiger partial charge in [0.25, 0.3) is 0 Å². The third kappa shape index (κ3) is 5.75. The number of ether oxygens (including phenoxy) is 2. The van der Waals surface area contributed by atoms with Crippen molar-refractivity contribution in [1.29, 1.82) is 0 Å². The van der Waals surface area contributed by atoms with Gasteiger partial charge in [-0.1, -0.05) is 26.0 Å². The van der Waals surface area contributed by atoms with E-state index in [4.69, 9.17) is 9.47 Å². The number of anilines is 1. The molecule has 2 rings (SSSR count). The van der Waals surface area contributed by atoms with E-state index in [2.05, 4.69) is 24.1 Å². The Balaban J connectivity index is 1.75. The zero-order valence-corrected chi connectivity index (χ0v) is 14.4. The average molecular weight is 320 g/mol. The molecule has 0 radical (unpaired) electrons. The largest absolute Gasteiger partial charge is 0.492 e. The molecule has 1 aliphatic rings. The number of hydrogen-bond donors (Lipinski definition) is 1. The minimum atomic E-state index is -0.435. The lowest BCUT2D eigenvalue weighted by Gasteiger charge is -2.34. The first kappa shape index (κ1) is 17.6. The van der Waals surface area contributed by atoms with Crippen molar-refractivity contribution in [2.24, 2.45) is 11.8 Å². The molecule has 1 saturated heterocycles. The fourth-order valence-electron chi connectivity index (χ4n) is 3.24. The Kier molecular flexibility index (Phi) is 6.71. The van der Waals surface area contributed by atoms with E-state index in [9.17, 15) is 4.79 Å². The number of carbonyl (C=O) groups excluding carboxylic acids is 1. The highest BCUT2D eigenvalue weighted by Crippen LogP contribution is 2.24. The predicted molar refractivity (Wildman–Crippen MR) is 92.0 cm³/mol. The van der Waals surface area contributed by atoms with Crippen molar-refractivity contribution < 1.29 is 14.3 Å². The first-order chi connectivity index (χ1) is 11.1. The van der Waals surface area contributed by atoms with Gasteiger partial charge in [0.1, 0.15) is 12.4 Å².